The minimum atomic E-state index is 0. The van der Waals surface area contributed by atoms with Crippen LogP contribution in [0.15, 0.2) is 29.3 Å². The van der Waals surface area contributed by atoms with Gasteiger partial charge in [0.1, 0.15) is 0 Å². The molecule has 1 aromatic carbocycles. The van der Waals surface area contributed by atoms with Crippen molar-refractivity contribution in [3.8, 4) is 0 Å². The minimum Gasteiger partial charge on any atom is -0.381 e. The van der Waals surface area contributed by atoms with Crippen molar-refractivity contribution in [3.63, 3.8) is 0 Å². The second-order valence-corrected chi connectivity index (χ2v) is 7.97. The molecule has 2 aliphatic rings. The Hall–Kier alpha value is -0.860. The third-order valence-corrected chi connectivity index (χ3v) is 5.87. The highest BCUT2D eigenvalue weighted by Gasteiger charge is 2.15. The van der Waals surface area contributed by atoms with Gasteiger partial charge in [0, 0.05) is 46.9 Å². The minimum absolute atomic E-state index is 0. The van der Waals surface area contributed by atoms with Crippen LogP contribution in [0.4, 0.5) is 0 Å². The molecule has 0 aromatic heterocycles. The van der Waals surface area contributed by atoms with Crippen molar-refractivity contribution >= 4 is 29.9 Å². The number of benzene rings is 1. The van der Waals surface area contributed by atoms with Crippen LogP contribution in [0.25, 0.3) is 0 Å². The van der Waals surface area contributed by atoms with Gasteiger partial charge in [0.15, 0.2) is 5.96 Å². The van der Waals surface area contributed by atoms with Crippen LogP contribution in [0, 0.1) is 5.92 Å². The number of guanidine groups is 1. The van der Waals surface area contributed by atoms with Gasteiger partial charge in [-0.2, -0.15) is 0 Å². The topological polar surface area (TPSA) is 40.1 Å². The number of nitrogens with one attached hydrogen (secondary N) is 1. The Balaban J connectivity index is 0.00000280. The highest BCUT2D eigenvalue weighted by atomic mass is 127. The summed E-state index contributed by atoms with van der Waals surface area (Å²) in [5, 5.41) is 3.51. The van der Waals surface area contributed by atoms with Gasteiger partial charge in [-0.1, -0.05) is 24.3 Å². The Morgan fingerprint density at radius 3 is 2.43 bits per heavy atom. The third-order valence-electron chi connectivity index (χ3n) is 5.87. The molecule has 0 amide bonds. The number of hydrogen-bond donors (Lipinski definition) is 1. The van der Waals surface area contributed by atoms with Crippen LogP contribution in [0.2, 0.25) is 0 Å². The molecule has 1 N–H and O–H groups in total. The quantitative estimate of drug-likeness (QED) is 0.352. The van der Waals surface area contributed by atoms with Crippen molar-refractivity contribution in [3.05, 3.63) is 35.4 Å². The molecule has 0 atom stereocenters. The van der Waals surface area contributed by atoms with Crippen molar-refractivity contribution in [1.29, 1.82) is 0 Å². The van der Waals surface area contributed by atoms with E-state index in [9.17, 15) is 0 Å². The van der Waals surface area contributed by atoms with Crippen LogP contribution in [0.1, 0.15) is 43.2 Å². The summed E-state index contributed by atoms with van der Waals surface area (Å²) in [6.45, 7) is 7.30. The lowest BCUT2D eigenvalue weighted by molar-refractivity contribution is 0.0625. The van der Waals surface area contributed by atoms with E-state index < -0.39 is 0 Å². The number of aliphatic imine (C=N–C) groups is 1. The molecular weight excluding hydrogens is 463 g/mol. The maximum Gasteiger partial charge on any atom is 0.193 e. The van der Waals surface area contributed by atoms with Crippen LogP contribution >= 0.6 is 24.0 Å². The monoisotopic (exact) mass is 500 g/mol. The summed E-state index contributed by atoms with van der Waals surface area (Å²) in [7, 11) is 4.00. The van der Waals surface area contributed by atoms with E-state index in [2.05, 4.69) is 51.4 Å². The molecule has 2 fully saturated rings. The molecule has 0 aliphatic carbocycles. The highest BCUT2D eigenvalue weighted by Crippen LogP contribution is 2.18. The van der Waals surface area contributed by atoms with Gasteiger partial charge < -0.3 is 15.0 Å². The van der Waals surface area contributed by atoms with E-state index in [1.807, 2.05) is 7.05 Å². The molecule has 0 saturated carbocycles. The zero-order valence-electron chi connectivity index (χ0n) is 17.5. The molecule has 6 heteroatoms. The lowest BCUT2D eigenvalue weighted by Crippen LogP contribution is -2.39. The Morgan fingerprint density at radius 2 is 1.79 bits per heavy atom. The van der Waals surface area contributed by atoms with Crippen LogP contribution in [0.5, 0.6) is 0 Å². The first kappa shape index (κ1) is 23.4. The van der Waals surface area contributed by atoms with Gasteiger partial charge in [-0.15, -0.1) is 24.0 Å². The van der Waals surface area contributed by atoms with Gasteiger partial charge in [0.2, 0.25) is 0 Å². The van der Waals surface area contributed by atoms with E-state index in [0.29, 0.717) is 0 Å². The largest absolute Gasteiger partial charge is 0.381 e. The second kappa shape index (κ2) is 12.6. The number of likely N-dealkylation sites (tertiary alicyclic amines) is 1. The predicted molar refractivity (Wildman–Crippen MR) is 127 cm³/mol. The maximum atomic E-state index is 5.46. The number of rotatable bonds is 7. The number of halogens is 1. The normalized spacial score (nSPS) is 18.7. The van der Waals surface area contributed by atoms with Gasteiger partial charge in [-0.05, 0) is 62.2 Å². The van der Waals surface area contributed by atoms with Crippen LogP contribution < -0.4 is 5.32 Å². The maximum absolute atomic E-state index is 5.46. The van der Waals surface area contributed by atoms with Crippen LogP contribution in [-0.4, -0.2) is 62.7 Å². The molecule has 0 unspecified atom stereocenters. The standard InChI is InChI=1S/C22H36N4O.HI/c1-23-22(25(2)14-9-19-10-15-27-16-11-19)24-17-20-5-7-21(8-6-20)18-26-12-3-4-13-26;/h5-8,19H,3-4,9-18H2,1-2H3,(H,23,24);1H. The molecule has 0 bridgehead atoms. The Bertz CT molecular complexity index is 581. The Kier molecular flexibility index (Phi) is 10.6. The molecule has 2 heterocycles. The first-order chi connectivity index (χ1) is 13.2. The third kappa shape index (κ3) is 7.52. The van der Waals surface area contributed by atoms with E-state index in [4.69, 9.17) is 4.74 Å². The molecule has 2 saturated heterocycles. The first-order valence-corrected chi connectivity index (χ1v) is 10.5. The van der Waals surface area contributed by atoms with Gasteiger partial charge in [0.25, 0.3) is 0 Å². The van der Waals surface area contributed by atoms with Crippen LogP contribution in [-0.2, 0) is 17.8 Å². The number of hydrogen-bond acceptors (Lipinski definition) is 3. The molecule has 3 rings (SSSR count). The summed E-state index contributed by atoms with van der Waals surface area (Å²) in [6.07, 6.45) is 6.31. The fraction of sp³-hybridized carbons (Fsp3) is 0.682. The number of ether oxygens (including phenoxy) is 1. The zero-order chi connectivity index (χ0) is 18.9. The average Bonchev–Trinajstić information content (AvgIpc) is 3.22. The molecule has 5 nitrogen and oxygen atoms in total. The van der Waals surface area contributed by atoms with Crippen molar-refractivity contribution in [1.82, 2.24) is 15.1 Å². The van der Waals surface area contributed by atoms with Crippen LogP contribution in [0.3, 0.4) is 0 Å². The highest BCUT2D eigenvalue weighted by molar-refractivity contribution is 14.0. The van der Waals surface area contributed by atoms with E-state index in [1.165, 1.54) is 56.3 Å². The van der Waals surface area contributed by atoms with E-state index in [1.54, 1.807) is 0 Å². The van der Waals surface area contributed by atoms with Crippen molar-refractivity contribution in [2.45, 2.75) is 45.2 Å². The summed E-state index contributed by atoms with van der Waals surface area (Å²) in [6, 6.07) is 9.03. The first-order valence-electron chi connectivity index (χ1n) is 10.5. The average molecular weight is 500 g/mol. The molecule has 0 radical (unpaired) electrons. The van der Waals surface area contributed by atoms with E-state index in [0.717, 1.165) is 44.7 Å². The van der Waals surface area contributed by atoms with Crippen molar-refractivity contribution in [2.24, 2.45) is 10.9 Å². The molecule has 2 aliphatic heterocycles. The van der Waals surface area contributed by atoms with Gasteiger partial charge >= 0.3 is 0 Å². The molecule has 1 aromatic rings. The lowest BCUT2D eigenvalue weighted by Gasteiger charge is -2.27. The second-order valence-electron chi connectivity index (χ2n) is 7.97. The SMILES string of the molecule is CN=C(NCc1ccc(CN2CCCC2)cc1)N(C)CCC1CCOCC1.I. The Labute approximate surface area is 187 Å². The fourth-order valence-electron chi connectivity index (χ4n) is 4.04. The Morgan fingerprint density at radius 1 is 1.14 bits per heavy atom. The summed E-state index contributed by atoms with van der Waals surface area (Å²) >= 11 is 0. The van der Waals surface area contributed by atoms with Crippen molar-refractivity contribution < 1.29 is 4.74 Å². The summed E-state index contributed by atoms with van der Waals surface area (Å²) < 4.78 is 5.46. The predicted octanol–water partition coefficient (Wildman–Crippen LogP) is 3.72. The van der Waals surface area contributed by atoms with Gasteiger partial charge in [0.05, 0.1) is 0 Å². The molecular formula is C22H37IN4O. The van der Waals surface area contributed by atoms with Gasteiger partial charge in [-0.3, -0.25) is 9.89 Å². The number of nitrogens with zero attached hydrogens (tertiary/aromatic N) is 3. The van der Waals surface area contributed by atoms with Crippen molar-refractivity contribution in [2.75, 3.05) is 46.9 Å². The smallest absolute Gasteiger partial charge is 0.193 e. The summed E-state index contributed by atoms with van der Waals surface area (Å²) in [4.78, 5) is 9.24. The van der Waals surface area contributed by atoms with E-state index in [-0.39, 0.29) is 24.0 Å². The summed E-state index contributed by atoms with van der Waals surface area (Å²) in [5.41, 5.74) is 2.72. The lowest BCUT2D eigenvalue weighted by atomic mass is 9.96. The van der Waals surface area contributed by atoms with Gasteiger partial charge in [-0.25, -0.2) is 0 Å². The fourth-order valence-corrected chi connectivity index (χ4v) is 4.04. The molecule has 158 valence electrons. The zero-order valence-corrected chi connectivity index (χ0v) is 19.9. The molecule has 28 heavy (non-hydrogen) atoms. The summed E-state index contributed by atoms with van der Waals surface area (Å²) in [5.74, 6) is 1.77. The van der Waals surface area contributed by atoms with E-state index >= 15 is 0 Å². The molecule has 0 spiro atoms.